The first-order chi connectivity index (χ1) is 3.79. The molecule has 0 aliphatic rings. The van der Waals surface area contributed by atoms with Gasteiger partial charge in [0, 0.05) is 0 Å². The van der Waals surface area contributed by atoms with E-state index in [0.717, 1.165) is 10.3 Å². The molecule has 40 valence electrons. The average molecular weight is 168 g/mol. The minimum absolute atomic E-state index is 0.822. The molecule has 3 heteroatoms. The summed E-state index contributed by atoms with van der Waals surface area (Å²) in [4.78, 5) is 7.95. The summed E-state index contributed by atoms with van der Waals surface area (Å²) in [5.74, 6) is 0.822. The van der Waals surface area contributed by atoms with Crippen molar-refractivity contribution in [3.8, 4) is 0 Å². The molecule has 0 unspecified atom stereocenters. The van der Waals surface area contributed by atoms with Gasteiger partial charge < -0.3 is 0 Å². The van der Waals surface area contributed by atoms with E-state index in [9.17, 15) is 0 Å². The summed E-state index contributed by atoms with van der Waals surface area (Å²) in [7, 11) is 0. The third-order valence-electron chi connectivity index (χ3n) is 0.761. The monoisotopic (exact) mass is 168 g/mol. The molecule has 0 saturated heterocycles. The Kier molecular flexibility index (Phi) is 1.64. The molecule has 2 nitrogen and oxygen atoms in total. The summed E-state index contributed by atoms with van der Waals surface area (Å²) in [6.07, 6.45) is 1.75. The molecule has 0 saturated carbocycles. The first kappa shape index (κ1) is 5.77. The van der Waals surface area contributed by atoms with Crippen LogP contribution >= 0.6 is 0 Å². The molecule has 1 heterocycles. The second-order valence-corrected chi connectivity index (χ2v) is 2.42. The van der Waals surface area contributed by atoms with Gasteiger partial charge in [0.15, 0.2) is 0 Å². The van der Waals surface area contributed by atoms with E-state index in [2.05, 4.69) is 26.8 Å². The Morgan fingerprint density at radius 1 is 1.62 bits per heavy atom. The molecule has 0 N–H and O–H groups in total. The van der Waals surface area contributed by atoms with Gasteiger partial charge in [0.1, 0.15) is 0 Å². The molecule has 0 bridgehead atoms. The summed E-state index contributed by atoms with van der Waals surface area (Å²) in [6, 6.07) is 1.85. The molecular formula is C5H5AsN2. The Hall–Kier alpha value is -0.362. The molecule has 0 aromatic carbocycles. The van der Waals surface area contributed by atoms with Crippen LogP contribution in [0.1, 0.15) is 5.82 Å². The number of aryl methyl sites for hydroxylation is 1. The van der Waals surface area contributed by atoms with Crippen LogP contribution in [0.2, 0.25) is 0 Å². The van der Waals surface area contributed by atoms with E-state index in [0.29, 0.717) is 0 Å². The van der Waals surface area contributed by atoms with Crippen LogP contribution in [0, 0.1) is 6.92 Å². The molecular weight excluding hydrogens is 163 g/mol. The third kappa shape index (κ3) is 1.31. The summed E-state index contributed by atoms with van der Waals surface area (Å²) >= 11 is 2.37. The molecule has 2 radical (unpaired) electrons. The number of hydrogen-bond donors (Lipinski definition) is 0. The summed E-state index contributed by atoms with van der Waals surface area (Å²) in [6.45, 7) is 1.87. The van der Waals surface area contributed by atoms with Crippen molar-refractivity contribution in [2.45, 2.75) is 6.92 Å². The van der Waals surface area contributed by atoms with Crippen LogP contribution in [-0.2, 0) is 0 Å². The summed E-state index contributed by atoms with van der Waals surface area (Å²) in [5.41, 5.74) is 0. The van der Waals surface area contributed by atoms with Gasteiger partial charge in [-0.3, -0.25) is 0 Å². The van der Waals surface area contributed by atoms with Crippen molar-refractivity contribution in [1.29, 1.82) is 0 Å². The number of aromatic nitrogens is 2. The van der Waals surface area contributed by atoms with E-state index in [1.807, 2.05) is 13.0 Å². The van der Waals surface area contributed by atoms with Crippen molar-refractivity contribution in [3.05, 3.63) is 18.1 Å². The normalized spacial score (nSPS) is 9.25. The van der Waals surface area contributed by atoms with Gasteiger partial charge in [-0.2, -0.15) is 0 Å². The first-order valence-corrected chi connectivity index (χ1v) is 3.21. The molecule has 0 aliphatic carbocycles. The van der Waals surface area contributed by atoms with Crippen molar-refractivity contribution < 1.29 is 0 Å². The van der Waals surface area contributed by atoms with Crippen LogP contribution in [-0.4, -0.2) is 26.8 Å². The Balaban J connectivity index is 3.08. The molecule has 0 atom stereocenters. The standard InChI is InChI=1S/C5H5AsN2/c1-4-7-3-2-5(6)8-4/h2-3H,1H3. The first-order valence-electron chi connectivity index (χ1n) is 2.27. The van der Waals surface area contributed by atoms with Gasteiger partial charge in [0.2, 0.25) is 0 Å². The van der Waals surface area contributed by atoms with E-state index >= 15 is 0 Å². The van der Waals surface area contributed by atoms with Crippen LogP contribution in [0.5, 0.6) is 0 Å². The molecule has 1 aromatic heterocycles. The van der Waals surface area contributed by atoms with E-state index < -0.39 is 0 Å². The zero-order valence-electron chi connectivity index (χ0n) is 4.50. The Labute approximate surface area is 56.9 Å². The number of hydrogen-bond acceptors (Lipinski definition) is 2. The van der Waals surface area contributed by atoms with E-state index in [-0.39, 0.29) is 0 Å². The van der Waals surface area contributed by atoms with Crippen molar-refractivity contribution in [3.63, 3.8) is 0 Å². The van der Waals surface area contributed by atoms with Crippen LogP contribution in [0.3, 0.4) is 0 Å². The van der Waals surface area contributed by atoms with Crippen LogP contribution in [0.4, 0.5) is 0 Å². The van der Waals surface area contributed by atoms with Crippen LogP contribution in [0.25, 0.3) is 0 Å². The predicted octanol–water partition coefficient (Wildman–Crippen LogP) is -0.421. The summed E-state index contributed by atoms with van der Waals surface area (Å²) < 4.78 is 0.963. The maximum absolute atomic E-state index is 4.03. The van der Waals surface area contributed by atoms with Crippen molar-refractivity contribution in [1.82, 2.24) is 9.97 Å². The van der Waals surface area contributed by atoms with Gasteiger partial charge in [-0.25, -0.2) is 0 Å². The zero-order chi connectivity index (χ0) is 5.98. The Morgan fingerprint density at radius 3 is 2.75 bits per heavy atom. The molecule has 0 spiro atoms. The van der Waals surface area contributed by atoms with Gasteiger partial charge in [0.05, 0.1) is 0 Å². The molecule has 0 aliphatic heterocycles. The SMILES string of the molecule is Cc1nccc([As])n1. The average Bonchev–Trinajstić information content (AvgIpc) is 1.64. The van der Waals surface area contributed by atoms with Gasteiger partial charge in [0.25, 0.3) is 0 Å². The van der Waals surface area contributed by atoms with Gasteiger partial charge >= 0.3 is 56.3 Å². The van der Waals surface area contributed by atoms with Crippen molar-refractivity contribution in [2.75, 3.05) is 0 Å². The zero-order valence-corrected chi connectivity index (χ0v) is 6.37. The van der Waals surface area contributed by atoms with Gasteiger partial charge in [-0.05, 0) is 0 Å². The Morgan fingerprint density at radius 2 is 2.38 bits per heavy atom. The van der Waals surface area contributed by atoms with Crippen molar-refractivity contribution >= 4 is 21.3 Å². The molecule has 8 heavy (non-hydrogen) atoms. The quantitative estimate of drug-likeness (QED) is 0.491. The van der Waals surface area contributed by atoms with Crippen LogP contribution < -0.4 is 4.48 Å². The second kappa shape index (κ2) is 2.27. The third-order valence-corrected chi connectivity index (χ3v) is 1.28. The fraction of sp³-hybridized carbons (Fsp3) is 0.200. The van der Waals surface area contributed by atoms with Gasteiger partial charge in [-0.1, -0.05) is 0 Å². The topological polar surface area (TPSA) is 25.8 Å². The van der Waals surface area contributed by atoms with Crippen molar-refractivity contribution in [2.24, 2.45) is 0 Å². The van der Waals surface area contributed by atoms with E-state index in [4.69, 9.17) is 0 Å². The Bertz CT molecular complexity index is 170. The van der Waals surface area contributed by atoms with E-state index in [1.165, 1.54) is 0 Å². The number of rotatable bonds is 0. The fourth-order valence-corrected chi connectivity index (χ4v) is 0.887. The van der Waals surface area contributed by atoms with E-state index in [1.54, 1.807) is 6.20 Å². The molecule has 1 aromatic rings. The minimum atomic E-state index is 0.822. The molecule has 0 fully saturated rings. The predicted molar refractivity (Wildman–Crippen MR) is 32.2 cm³/mol. The number of nitrogens with zero attached hydrogens (tertiary/aromatic N) is 2. The molecule has 1 rings (SSSR count). The van der Waals surface area contributed by atoms with Gasteiger partial charge in [-0.15, -0.1) is 0 Å². The van der Waals surface area contributed by atoms with Crippen LogP contribution in [0.15, 0.2) is 12.3 Å². The molecule has 0 amide bonds. The second-order valence-electron chi connectivity index (χ2n) is 1.46. The maximum atomic E-state index is 4.03. The summed E-state index contributed by atoms with van der Waals surface area (Å²) in [5, 5.41) is 0. The fourth-order valence-electron chi connectivity index (χ4n) is 0.444.